The van der Waals surface area contributed by atoms with Gasteiger partial charge in [0, 0.05) is 30.1 Å². The number of aryl methyl sites for hydroxylation is 1. The SMILES string of the molecule is Cc1[nH]ncc1C(=O)NCc1cccnc1Oc1ccc(F)c(F)c1. The van der Waals surface area contributed by atoms with Crippen molar-refractivity contribution in [3.05, 3.63) is 71.2 Å². The van der Waals surface area contributed by atoms with E-state index >= 15 is 0 Å². The molecule has 0 saturated carbocycles. The summed E-state index contributed by atoms with van der Waals surface area (Å²) in [5.41, 5.74) is 1.68. The summed E-state index contributed by atoms with van der Waals surface area (Å²) in [6.45, 7) is 1.89. The number of nitrogens with one attached hydrogen (secondary N) is 2. The molecular formula is C17H14F2N4O2. The number of hydrogen-bond donors (Lipinski definition) is 2. The number of pyridine rings is 1. The molecule has 0 radical (unpaired) electrons. The number of H-pyrrole nitrogens is 1. The summed E-state index contributed by atoms with van der Waals surface area (Å²) >= 11 is 0. The molecular weight excluding hydrogens is 330 g/mol. The van der Waals surface area contributed by atoms with Crippen LogP contribution in [0.15, 0.2) is 42.7 Å². The first-order chi connectivity index (χ1) is 12.0. The minimum atomic E-state index is -1.02. The van der Waals surface area contributed by atoms with Gasteiger partial charge in [0.05, 0.1) is 11.8 Å². The molecule has 0 spiro atoms. The van der Waals surface area contributed by atoms with Crippen LogP contribution in [0.2, 0.25) is 0 Å². The van der Waals surface area contributed by atoms with Crippen LogP contribution in [0, 0.1) is 18.6 Å². The van der Waals surface area contributed by atoms with Gasteiger partial charge in [0.1, 0.15) is 5.75 Å². The van der Waals surface area contributed by atoms with Crippen LogP contribution < -0.4 is 10.1 Å². The van der Waals surface area contributed by atoms with Crippen molar-refractivity contribution in [1.29, 1.82) is 0 Å². The van der Waals surface area contributed by atoms with Crippen molar-refractivity contribution in [2.24, 2.45) is 0 Å². The lowest BCUT2D eigenvalue weighted by Gasteiger charge is -2.11. The summed E-state index contributed by atoms with van der Waals surface area (Å²) in [5.74, 6) is -1.97. The van der Waals surface area contributed by atoms with Gasteiger partial charge in [-0.2, -0.15) is 5.10 Å². The average molecular weight is 344 g/mol. The molecule has 0 aliphatic heterocycles. The molecule has 0 saturated heterocycles. The van der Waals surface area contributed by atoms with Crippen LogP contribution in [0.3, 0.4) is 0 Å². The van der Waals surface area contributed by atoms with E-state index in [4.69, 9.17) is 4.74 Å². The number of amides is 1. The number of aromatic amines is 1. The first kappa shape index (κ1) is 16.6. The van der Waals surface area contributed by atoms with Gasteiger partial charge in [-0.1, -0.05) is 6.07 Å². The Kier molecular flexibility index (Phi) is 4.69. The van der Waals surface area contributed by atoms with E-state index in [1.165, 1.54) is 18.5 Å². The van der Waals surface area contributed by atoms with Gasteiger partial charge in [-0.15, -0.1) is 0 Å². The van der Waals surface area contributed by atoms with Crippen LogP contribution in [0.1, 0.15) is 21.6 Å². The molecule has 3 aromatic rings. The maximum absolute atomic E-state index is 13.3. The van der Waals surface area contributed by atoms with Crippen LogP contribution >= 0.6 is 0 Å². The van der Waals surface area contributed by atoms with Crippen molar-refractivity contribution < 1.29 is 18.3 Å². The lowest BCUT2D eigenvalue weighted by Crippen LogP contribution is -2.23. The van der Waals surface area contributed by atoms with Gasteiger partial charge in [0.25, 0.3) is 5.91 Å². The molecule has 0 atom stereocenters. The standard InChI is InChI=1S/C17H14F2N4O2/c1-10-13(9-22-23-10)16(24)21-8-11-3-2-6-20-17(11)25-12-4-5-14(18)15(19)7-12/h2-7,9H,8H2,1H3,(H,21,24)(H,22,23). The Morgan fingerprint density at radius 1 is 1.28 bits per heavy atom. The molecule has 8 heteroatoms. The molecule has 6 nitrogen and oxygen atoms in total. The van der Waals surface area contributed by atoms with E-state index in [9.17, 15) is 13.6 Å². The number of hydrogen-bond acceptors (Lipinski definition) is 4. The molecule has 2 aromatic heterocycles. The fourth-order valence-electron chi connectivity index (χ4n) is 2.15. The zero-order chi connectivity index (χ0) is 17.8. The second-order valence-electron chi connectivity index (χ2n) is 5.24. The van der Waals surface area contributed by atoms with Crippen LogP contribution in [-0.2, 0) is 6.54 Å². The third-order valence-corrected chi connectivity index (χ3v) is 3.47. The molecule has 0 aliphatic carbocycles. The molecule has 25 heavy (non-hydrogen) atoms. The summed E-state index contributed by atoms with van der Waals surface area (Å²) in [4.78, 5) is 16.2. The van der Waals surface area contributed by atoms with Gasteiger partial charge in [0.2, 0.25) is 5.88 Å². The van der Waals surface area contributed by atoms with Gasteiger partial charge in [-0.3, -0.25) is 9.89 Å². The van der Waals surface area contributed by atoms with Crippen molar-refractivity contribution in [3.8, 4) is 11.6 Å². The van der Waals surface area contributed by atoms with Crippen molar-refractivity contribution in [1.82, 2.24) is 20.5 Å². The fraction of sp³-hybridized carbons (Fsp3) is 0.118. The van der Waals surface area contributed by atoms with Crippen molar-refractivity contribution in [2.75, 3.05) is 0 Å². The zero-order valence-electron chi connectivity index (χ0n) is 13.2. The van der Waals surface area contributed by atoms with Crippen molar-refractivity contribution in [2.45, 2.75) is 13.5 Å². The van der Waals surface area contributed by atoms with Crippen molar-refractivity contribution >= 4 is 5.91 Å². The summed E-state index contributed by atoms with van der Waals surface area (Å²) < 4.78 is 31.8. The Morgan fingerprint density at radius 3 is 2.84 bits per heavy atom. The highest BCUT2D eigenvalue weighted by Gasteiger charge is 2.13. The number of carbonyl (C=O) groups is 1. The Labute approximate surface area is 141 Å². The smallest absolute Gasteiger partial charge is 0.255 e. The van der Waals surface area contributed by atoms with Crippen LogP contribution in [0.4, 0.5) is 8.78 Å². The molecule has 1 amide bonds. The van der Waals surface area contributed by atoms with E-state index < -0.39 is 11.6 Å². The average Bonchev–Trinajstić information content (AvgIpc) is 3.03. The largest absolute Gasteiger partial charge is 0.439 e. The predicted octanol–water partition coefficient (Wildman–Crippen LogP) is 3.11. The van der Waals surface area contributed by atoms with E-state index in [0.717, 1.165) is 12.1 Å². The molecule has 0 fully saturated rings. The van der Waals surface area contributed by atoms with E-state index in [1.807, 2.05) is 0 Å². The first-order valence-electron chi connectivity index (χ1n) is 7.39. The molecule has 2 heterocycles. The Bertz CT molecular complexity index is 911. The predicted molar refractivity (Wildman–Crippen MR) is 85.2 cm³/mol. The summed E-state index contributed by atoms with van der Waals surface area (Å²) in [6.07, 6.45) is 2.94. The highest BCUT2D eigenvalue weighted by molar-refractivity contribution is 5.94. The summed E-state index contributed by atoms with van der Waals surface area (Å²) in [6, 6.07) is 6.59. The van der Waals surface area contributed by atoms with Crippen molar-refractivity contribution in [3.63, 3.8) is 0 Å². The normalized spacial score (nSPS) is 10.5. The summed E-state index contributed by atoms with van der Waals surface area (Å²) in [7, 11) is 0. The monoisotopic (exact) mass is 344 g/mol. The highest BCUT2D eigenvalue weighted by Crippen LogP contribution is 2.24. The third kappa shape index (κ3) is 3.79. The summed E-state index contributed by atoms with van der Waals surface area (Å²) in [5, 5.41) is 9.22. The molecule has 0 unspecified atom stereocenters. The van der Waals surface area contributed by atoms with E-state index in [1.54, 1.807) is 19.1 Å². The quantitative estimate of drug-likeness (QED) is 0.745. The Morgan fingerprint density at radius 2 is 2.12 bits per heavy atom. The number of aromatic nitrogens is 3. The molecule has 2 N–H and O–H groups in total. The number of carbonyl (C=O) groups excluding carboxylic acids is 1. The molecule has 0 bridgehead atoms. The van der Waals surface area contributed by atoms with Gasteiger partial charge in [-0.05, 0) is 25.1 Å². The van der Waals surface area contributed by atoms with E-state index in [-0.39, 0.29) is 24.1 Å². The number of rotatable bonds is 5. The van der Waals surface area contributed by atoms with Gasteiger partial charge < -0.3 is 10.1 Å². The van der Waals surface area contributed by atoms with Crippen LogP contribution in [0.5, 0.6) is 11.6 Å². The van der Waals surface area contributed by atoms with Gasteiger partial charge in [-0.25, -0.2) is 13.8 Å². The maximum atomic E-state index is 13.3. The second-order valence-corrected chi connectivity index (χ2v) is 5.24. The van der Waals surface area contributed by atoms with Gasteiger partial charge >= 0.3 is 0 Å². The number of benzene rings is 1. The molecule has 1 aromatic carbocycles. The van der Waals surface area contributed by atoms with Gasteiger partial charge in [0.15, 0.2) is 11.6 Å². The van der Waals surface area contributed by atoms with Crippen LogP contribution in [0.25, 0.3) is 0 Å². The lowest BCUT2D eigenvalue weighted by atomic mass is 10.2. The Balaban J connectivity index is 1.73. The number of ether oxygens (including phenoxy) is 1. The Hall–Kier alpha value is -3.29. The zero-order valence-corrected chi connectivity index (χ0v) is 13.2. The maximum Gasteiger partial charge on any atom is 0.255 e. The number of nitrogens with zero attached hydrogens (tertiary/aromatic N) is 2. The minimum absolute atomic E-state index is 0.107. The minimum Gasteiger partial charge on any atom is -0.439 e. The highest BCUT2D eigenvalue weighted by atomic mass is 19.2. The van der Waals surface area contributed by atoms with Crippen LogP contribution in [-0.4, -0.2) is 21.1 Å². The van der Waals surface area contributed by atoms with E-state index in [0.29, 0.717) is 16.8 Å². The number of halogens is 2. The fourth-order valence-corrected chi connectivity index (χ4v) is 2.15. The lowest BCUT2D eigenvalue weighted by molar-refractivity contribution is 0.0950. The molecule has 3 rings (SSSR count). The second kappa shape index (κ2) is 7.08. The van der Waals surface area contributed by atoms with E-state index in [2.05, 4.69) is 20.5 Å². The third-order valence-electron chi connectivity index (χ3n) is 3.47. The first-order valence-corrected chi connectivity index (χ1v) is 7.39. The topological polar surface area (TPSA) is 79.9 Å². The molecule has 0 aliphatic rings. The molecule has 128 valence electrons.